The van der Waals surface area contributed by atoms with Crippen molar-refractivity contribution in [3.05, 3.63) is 0 Å². The number of unbranched alkanes of at least 4 members (excludes halogenated alkanes) is 2. The third-order valence-corrected chi connectivity index (χ3v) is 5.15. The lowest BCUT2D eigenvalue weighted by molar-refractivity contribution is -0.139. The van der Waals surface area contributed by atoms with Crippen molar-refractivity contribution >= 4 is 29.4 Å². The molecule has 1 aliphatic rings. The predicted octanol–water partition coefficient (Wildman–Crippen LogP) is 1.42. The van der Waals surface area contributed by atoms with E-state index < -0.39 is 6.04 Å². The predicted molar refractivity (Wildman–Crippen MR) is 109 cm³/mol. The summed E-state index contributed by atoms with van der Waals surface area (Å²) in [5.74, 6) is -1.10. The highest BCUT2D eigenvalue weighted by atomic mass is 16.2. The highest BCUT2D eigenvalue weighted by Crippen LogP contribution is 2.26. The fourth-order valence-corrected chi connectivity index (χ4v) is 3.30. The number of carbonyl (C=O) groups excluding carboxylic acids is 5. The zero-order valence-electron chi connectivity index (χ0n) is 18.2. The molecule has 0 aliphatic carbocycles. The summed E-state index contributed by atoms with van der Waals surface area (Å²) in [7, 11) is 0. The molecule has 4 amide bonds. The quantitative estimate of drug-likeness (QED) is 0.374. The average Bonchev–Trinajstić information content (AvgIpc) is 2.91. The van der Waals surface area contributed by atoms with E-state index in [-0.39, 0.29) is 60.1 Å². The number of amides is 4. The molecule has 2 N–H and O–H groups in total. The molecule has 8 nitrogen and oxygen atoms in total. The van der Waals surface area contributed by atoms with E-state index in [9.17, 15) is 24.0 Å². The Morgan fingerprint density at radius 2 is 1.72 bits per heavy atom. The third kappa shape index (κ3) is 7.95. The SMILES string of the molecule is CC(=O)CNC(=O)C(NC(=O)CCCCCN1C(=O)CC(C(C)C)C1=O)C(C)C. The first-order valence-electron chi connectivity index (χ1n) is 10.4. The molecule has 0 spiro atoms. The first kappa shape index (κ1) is 24.8. The molecule has 0 saturated carbocycles. The average molecular weight is 410 g/mol. The lowest BCUT2D eigenvalue weighted by Gasteiger charge is -2.21. The minimum absolute atomic E-state index is 0.0521. The van der Waals surface area contributed by atoms with E-state index in [1.54, 1.807) is 0 Å². The lowest BCUT2D eigenvalue weighted by atomic mass is 9.94. The minimum Gasteiger partial charge on any atom is -0.347 e. The molecule has 1 heterocycles. The van der Waals surface area contributed by atoms with Crippen LogP contribution in [0.2, 0.25) is 0 Å². The Bertz CT molecular complexity index is 630. The molecule has 1 rings (SSSR count). The van der Waals surface area contributed by atoms with Gasteiger partial charge in [-0.25, -0.2) is 0 Å². The summed E-state index contributed by atoms with van der Waals surface area (Å²) in [6, 6.07) is -0.686. The van der Waals surface area contributed by atoms with Gasteiger partial charge in [0.15, 0.2) is 0 Å². The second-order valence-corrected chi connectivity index (χ2v) is 8.46. The molecule has 164 valence electrons. The molecule has 0 aromatic carbocycles. The molecule has 0 aromatic rings. The molecule has 1 saturated heterocycles. The second kappa shape index (κ2) is 11.7. The van der Waals surface area contributed by atoms with Gasteiger partial charge in [0.1, 0.15) is 11.8 Å². The highest BCUT2D eigenvalue weighted by molar-refractivity contribution is 6.03. The van der Waals surface area contributed by atoms with Crippen LogP contribution in [0, 0.1) is 17.8 Å². The maximum atomic E-state index is 12.3. The Hall–Kier alpha value is -2.25. The van der Waals surface area contributed by atoms with Crippen molar-refractivity contribution in [1.82, 2.24) is 15.5 Å². The van der Waals surface area contributed by atoms with Crippen LogP contribution in [0.4, 0.5) is 0 Å². The number of imide groups is 1. The molecule has 8 heteroatoms. The van der Waals surface area contributed by atoms with Crippen molar-refractivity contribution in [3.8, 4) is 0 Å². The summed E-state index contributed by atoms with van der Waals surface area (Å²) in [5, 5.41) is 5.25. The van der Waals surface area contributed by atoms with Crippen LogP contribution in [0.3, 0.4) is 0 Å². The first-order chi connectivity index (χ1) is 13.5. The highest BCUT2D eigenvalue weighted by Gasteiger charge is 2.39. The fraction of sp³-hybridized carbons (Fsp3) is 0.762. The van der Waals surface area contributed by atoms with Crippen molar-refractivity contribution in [1.29, 1.82) is 0 Å². The van der Waals surface area contributed by atoms with Gasteiger partial charge >= 0.3 is 0 Å². The molecule has 1 fully saturated rings. The summed E-state index contributed by atoms with van der Waals surface area (Å²) >= 11 is 0. The Labute approximate surface area is 173 Å². The van der Waals surface area contributed by atoms with Gasteiger partial charge in [-0.05, 0) is 31.6 Å². The van der Waals surface area contributed by atoms with Crippen LogP contribution in [-0.4, -0.2) is 53.4 Å². The monoisotopic (exact) mass is 409 g/mol. The van der Waals surface area contributed by atoms with Crippen molar-refractivity contribution < 1.29 is 24.0 Å². The maximum Gasteiger partial charge on any atom is 0.243 e. The van der Waals surface area contributed by atoms with Gasteiger partial charge in [-0.15, -0.1) is 0 Å². The number of nitrogens with one attached hydrogen (secondary N) is 2. The molecular formula is C21H35N3O5. The van der Waals surface area contributed by atoms with E-state index in [4.69, 9.17) is 0 Å². The fourth-order valence-electron chi connectivity index (χ4n) is 3.30. The first-order valence-corrected chi connectivity index (χ1v) is 10.4. The van der Waals surface area contributed by atoms with Crippen molar-refractivity contribution in [2.75, 3.05) is 13.1 Å². The molecule has 2 atom stereocenters. The van der Waals surface area contributed by atoms with E-state index in [2.05, 4.69) is 10.6 Å². The number of Topliss-reactive ketones (excluding diaryl/α,β-unsaturated/α-hetero) is 1. The number of hydrogen-bond acceptors (Lipinski definition) is 5. The topological polar surface area (TPSA) is 113 Å². The standard InChI is InChI=1S/C21H35N3O5/c1-13(2)16-11-18(27)24(21(16)29)10-8-6-7-9-17(26)23-19(14(3)4)20(28)22-12-15(5)25/h13-14,16,19H,6-12H2,1-5H3,(H,22,28)(H,23,26). The smallest absolute Gasteiger partial charge is 0.243 e. The second-order valence-electron chi connectivity index (χ2n) is 8.46. The summed E-state index contributed by atoms with van der Waals surface area (Å²) in [6.07, 6.45) is 2.53. The van der Waals surface area contributed by atoms with Gasteiger partial charge in [0, 0.05) is 25.3 Å². The van der Waals surface area contributed by atoms with E-state index >= 15 is 0 Å². The van der Waals surface area contributed by atoms with E-state index in [1.807, 2.05) is 27.7 Å². The zero-order chi connectivity index (χ0) is 22.1. The van der Waals surface area contributed by atoms with Crippen LogP contribution in [0.5, 0.6) is 0 Å². The van der Waals surface area contributed by atoms with Crippen molar-refractivity contribution in [2.45, 2.75) is 72.8 Å². The zero-order valence-corrected chi connectivity index (χ0v) is 18.2. The number of ketones is 1. The van der Waals surface area contributed by atoms with Crippen LogP contribution >= 0.6 is 0 Å². The number of rotatable bonds is 12. The van der Waals surface area contributed by atoms with E-state index in [0.717, 1.165) is 0 Å². The number of likely N-dealkylation sites (tertiary alicyclic amines) is 1. The van der Waals surface area contributed by atoms with Gasteiger partial charge in [-0.3, -0.25) is 28.9 Å². The van der Waals surface area contributed by atoms with Gasteiger partial charge in [-0.2, -0.15) is 0 Å². The van der Waals surface area contributed by atoms with Gasteiger partial charge < -0.3 is 10.6 Å². The summed E-state index contributed by atoms with van der Waals surface area (Å²) < 4.78 is 0. The number of hydrogen-bond donors (Lipinski definition) is 2. The maximum absolute atomic E-state index is 12.3. The van der Waals surface area contributed by atoms with Crippen LogP contribution in [0.15, 0.2) is 0 Å². The Kier molecular flexibility index (Phi) is 9.98. The largest absolute Gasteiger partial charge is 0.347 e. The van der Waals surface area contributed by atoms with Gasteiger partial charge in [-0.1, -0.05) is 34.1 Å². The van der Waals surface area contributed by atoms with Crippen LogP contribution < -0.4 is 10.6 Å². The number of nitrogens with zero attached hydrogens (tertiary/aromatic N) is 1. The van der Waals surface area contributed by atoms with Crippen molar-refractivity contribution in [2.24, 2.45) is 17.8 Å². The lowest BCUT2D eigenvalue weighted by Crippen LogP contribution is -2.50. The summed E-state index contributed by atoms with van der Waals surface area (Å²) in [4.78, 5) is 60.9. The van der Waals surface area contributed by atoms with Crippen LogP contribution in [0.1, 0.15) is 66.7 Å². The molecule has 29 heavy (non-hydrogen) atoms. The summed E-state index contributed by atoms with van der Waals surface area (Å²) in [6.45, 7) is 9.27. The van der Waals surface area contributed by atoms with Gasteiger partial charge in [0.25, 0.3) is 0 Å². The van der Waals surface area contributed by atoms with Crippen LogP contribution in [-0.2, 0) is 24.0 Å². The minimum atomic E-state index is -0.686. The van der Waals surface area contributed by atoms with Gasteiger partial charge in [0.05, 0.1) is 6.54 Å². The molecule has 2 unspecified atom stereocenters. The normalized spacial score (nSPS) is 17.8. The molecule has 0 bridgehead atoms. The molecule has 0 radical (unpaired) electrons. The number of carbonyl (C=O) groups is 5. The van der Waals surface area contributed by atoms with E-state index in [0.29, 0.717) is 32.2 Å². The third-order valence-electron chi connectivity index (χ3n) is 5.15. The molecule has 0 aromatic heterocycles. The molecular weight excluding hydrogens is 374 g/mol. The van der Waals surface area contributed by atoms with Crippen LogP contribution in [0.25, 0.3) is 0 Å². The Morgan fingerprint density at radius 3 is 2.24 bits per heavy atom. The summed E-state index contributed by atoms with van der Waals surface area (Å²) in [5.41, 5.74) is 0. The Balaban J connectivity index is 2.34. The van der Waals surface area contributed by atoms with Gasteiger partial charge in [0.2, 0.25) is 23.6 Å². The van der Waals surface area contributed by atoms with E-state index in [1.165, 1.54) is 11.8 Å². The Morgan fingerprint density at radius 1 is 1.07 bits per heavy atom. The molecule has 1 aliphatic heterocycles. The van der Waals surface area contributed by atoms with Crippen molar-refractivity contribution in [3.63, 3.8) is 0 Å².